The molecule has 86 valence electrons. The average molecular weight is 214 g/mol. The summed E-state index contributed by atoms with van der Waals surface area (Å²) in [5.74, 6) is -0.392. The topological polar surface area (TPSA) is 75.3 Å². The van der Waals surface area contributed by atoms with Gasteiger partial charge in [0.2, 0.25) is 11.8 Å². The second kappa shape index (κ2) is 9.18. The van der Waals surface area contributed by atoms with E-state index in [1.165, 1.54) is 6.92 Å². The molecular formula is C10H18N2O3. The van der Waals surface area contributed by atoms with Gasteiger partial charge in [0, 0.05) is 19.9 Å². The zero-order valence-electron chi connectivity index (χ0n) is 9.04. The fraction of sp³-hybridized carbons (Fsp3) is 0.700. The Bertz CT molecular complexity index is 217. The van der Waals surface area contributed by atoms with Crippen LogP contribution in [0.5, 0.6) is 0 Å². The number of nitrogens with one attached hydrogen (secondary N) is 2. The predicted octanol–water partition coefficient (Wildman–Crippen LogP) is -0.00200. The highest BCUT2D eigenvalue weighted by Crippen LogP contribution is 1.95. The van der Waals surface area contributed by atoms with E-state index in [9.17, 15) is 14.4 Å². The Kier molecular flexibility index (Phi) is 8.33. The lowest BCUT2D eigenvalue weighted by Gasteiger charge is -2.04. The fourth-order valence-corrected chi connectivity index (χ4v) is 1.02. The number of hydrogen-bond donors (Lipinski definition) is 2. The van der Waals surface area contributed by atoms with Gasteiger partial charge in [-0.3, -0.25) is 9.59 Å². The number of unbranched alkanes of at least 4 members (excludes halogenated alkanes) is 3. The number of aldehydes is 1. The highest BCUT2D eigenvalue weighted by atomic mass is 16.2. The summed E-state index contributed by atoms with van der Waals surface area (Å²) in [6.45, 7) is 1.99. The molecule has 0 saturated carbocycles. The molecule has 0 radical (unpaired) electrons. The summed E-state index contributed by atoms with van der Waals surface area (Å²) < 4.78 is 0. The third-order valence-electron chi connectivity index (χ3n) is 1.82. The van der Waals surface area contributed by atoms with Crippen LogP contribution in [0.15, 0.2) is 0 Å². The van der Waals surface area contributed by atoms with Crippen molar-refractivity contribution in [3.05, 3.63) is 0 Å². The van der Waals surface area contributed by atoms with Crippen LogP contribution in [0.4, 0.5) is 0 Å². The van der Waals surface area contributed by atoms with Crippen molar-refractivity contribution in [3.63, 3.8) is 0 Å². The Balaban J connectivity index is 3.23. The predicted molar refractivity (Wildman–Crippen MR) is 56.2 cm³/mol. The van der Waals surface area contributed by atoms with Crippen molar-refractivity contribution in [1.29, 1.82) is 0 Å². The van der Waals surface area contributed by atoms with E-state index >= 15 is 0 Å². The van der Waals surface area contributed by atoms with Crippen molar-refractivity contribution in [2.24, 2.45) is 0 Å². The monoisotopic (exact) mass is 214 g/mol. The lowest BCUT2D eigenvalue weighted by molar-refractivity contribution is -0.125. The molecule has 5 heteroatoms. The Morgan fingerprint density at radius 1 is 1.13 bits per heavy atom. The third kappa shape index (κ3) is 10.5. The molecular weight excluding hydrogens is 196 g/mol. The van der Waals surface area contributed by atoms with Crippen molar-refractivity contribution >= 4 is 18.1 Å². The Morgan fingerprint density at radius 2 is 1.87 bits per heavy atom. The van der Waals surface area contributed by atoms with Gasteiger partial charge in [0.1, 0.15) is 6.29 Å². The first-order chi connectivity index (χ1) is 7.16. The van der Waals surface area contributed by atoms with Gasteiger partial charge < -0.3 is 15.4 Å². The number of hydrogen-bond acceptors (Lipinski definition) is 3. The molecule has 2 amide bonds. The molecule has 0 aromatic carbocycles. The largest absolute Gasteiger partial charge is 0.355 e. The first-order valence-corrected chi connectivity index (χ1v) is 5.11. The van der Waals surface area contributed by atoms with Gasteiger partial charge in [0.15, 0.2) is 0 Å². The Morgan fingerprint density at radius 3 is 2.47 bits per heavy atom. The van der Waals surface area contributed by atoms with E-state index < -0.39 is 0 Å². The molecule has 0 unspecified atom stereocenters. The second-order valence-electron chi connectivity index (χ2n) is 3.28. The number of carbonyl (C=O) groups is 3. The minimum Gasteiger partial charge on any atom is -0.355 e. The normalized spacial score (nSPS) is 9.40. The molecule has 0 aliphatic carbocycles. The maximum absolute atomic E-state index is 11.1. The van der Waals surface area contributed by atoms with Crippen LogP contribution < -0.4 is 10.6 Å². The van der Waals surface area contributed by atoms with Gasteiger partial charge in [-0.05, 0) is 12.8 Å². The highest BCUT2D eigenvalue weighted by Gasteiger charge is 2.00. The van der Waals surface area contributed by atoms with Crippen molar-refractivity contribution in [2.75, 3.05) is 13.1 Å². The van der Waals surface area contributed by atoms with E-state index in [4.69, 9.17) is 0 Å². The van der Waals surface area contributed by atoms with Crippen LogP contribution in [0.1, 0.15) is 32.6 Å². The van der Waals surface area contributed by atoms with Gasteiger partial charge >= 0.3 is 0 Å². The van der Waals surface area contributed by atoms with Gasteiger partial charge in [-0.15, -0.1) is 0 Å². The minimum atomic E-state index is -0.212. The summed E-state index contributed by atoms with van der Waals surface area (Å²) in [6, 6.07) is 0. The van der Waals surface area contributed by atoms with E-state index in [-0.39, 0.29) is 18.4 Å². The van der Waals surface area contributed by atoms with Crippen LogP contribution in [0, 0.1) is 0 Å². The zero-order valence-corrected chi connectivity index (χ0v) is 9.04. The molecule has 0 aliphatic rings. The van der Waals surface area contributed by atoms with Crippen molar-refractivity contribution in [2.45, 2.75) is 32.6 Å². The van der Waals surface area contributed by atoms with Gasteiger partial charge in [0.25, 0.3) is 0 Å². The Labute approximate surface area is 89.6 Å². The summed E-state index contributed by atoms with van der Waals surface area (Å²) in [6.07, 6.45) is 4.14. The summed E-state index contributed by atoms with van der Waals surface area (Å²) in [5, 5.41) is 5.08. The molecule has 0 spiro atoms. The molecule has 0 atom stereocenters. The first-order valence-electron chi connectivity index (χ1n) is 5.11. The van der Waals surface area contributed by atoms with Crippen LogP contribution >= 0.6 is 0 Å². The SMILES string of the molecule is CC(=O)NCC(=O)NCCCCCC=O. The van der Waals surface area contributed by atoms with Crippen LogP contribution in [0.3, 0.4) is 0 Å². The quantitative estimate of drug-likeness (QED) is 0.441. The zero-order chi connectivity index (χ0) is 11.5. The standard InChI is InChI=1S/C10H18N2O3/c1-9(14)12-8-10(15)11-6-4-2-3-5-7-13/h7H,2-6,8H2,1H3,(H,11,15)(H,12,14). The van der Waals surface area contributed by atoms with Crippen LogP contribution in [0.25, 0.3) is 0 Å². The molecule has 0 aliphatic heterocycles. The van der Waals surface area contributed by atoms with E-state index in [1.54, 1.807) is 0 Å². The maximum Gasteiger partial charge on any atom is 0.239 e. The lowest BCUT2D eigenvalue weighted by atomic mass is 10.2. The average Bonchev–Trinajstić information content (AvgIpc) is 2.20. The lowest BCUT2D eigenvalue weighted by Crippen LogP contribution is -2.36. The molecule has 2 N–H and O–H groups in total. The van der Waals surface area contributed by atoms with Gasteiger partial charge in [-0.1, -0.05) is 6.42 Å². The molecule has 0 fully saturated rings. The van der Waals surface area contributed by atoms with Crippen LogP contribution in [-0.4, -0.2) is 31.2 Å². The van der Waals surface area contributed by atoms with Crippen molar-refractivity contribution in [1.82, 2.24) is 10.6 Å². The van der Waals surface area contributed by atoms with Crippen LogP contribution in [-0.2, 0) is 14.4 Å². The summed E-state index contributed by atoms with van der Waals surface area (Å²) in [7, 11) is 0. The van der Waals surface area contributed by atoms with Crippen molar-refractivity contribution < 1.29 is 14.4 Å². The smallest absolute Gasteiger partial charge is 0.239 e. The molecule has 15 heavy (non-hydrogen) atoms. The van der Waals surface area contributed by atoms with E-state index in [2.05, 4.69) is 10.6 Å². The van der Waals surface area contributed by atoms with Crippen LogP contribution in [0.2, 0.25) is 0 Å². The molecule has 0 saturated heterocycles. The fourth-order valence-electron chi connectivity index (χ4n) is 1.02. The van der Waals surface area contributed by atoms with Gasteiger partial charge in [-0.25, -0.2) is 0 Å². The Hall–Kier alpha value is -1.39. The van der Waals surface area contributed by atoms with Gasteiger partial charge in [-0.2, -0.15) is 0 Å². The number of carbonyl (C=O) groups excluding carboxylic acids is 3. The molecule has 0 bridgehead atoms. The molecule has 0 heterocycles. The molecule has 0 aromatic heterocycles. The first kappa shape index (κ1) is 13.6. The number of amides is 2. The summed E-state index contributed by atoms with van der Waals surface area (Å²) in [5.41, 5.74) is 0. The van der Waals surface area contributed by atoms with E-state index in [0.717, 1.165) is 25.5 Å². The molecule has 0 aromatic rings. The maximum atomic E-state index is 11.1. The highest BCUT2D eigenvalue weighted by molar-refractivity contribution is 5.83. The second-order valence-corrected chi connectivity index (χ2v) is 3.28. The summed E-state index contributed by atoms with van der Waals surface area (Å²) in [4.78, 5) is 31.5. The molecule has 5 nitrogen and oxygen atoms in total. The van der Waals surface area contributed by atoms with Gasteiger partial charge in [0.05, 0.1) is 6.54 Å². The van der Waals surface area contributed by atoms with E-state index in [1.807, 2.05) is 0 Å². The summed E-state index contributed by atoms with van der Waals surface area (Å²) >= 11 is 0. The van der Waals surface area contributed by atoms with E-state index in [0.29, 0.717) is 13.0 Å². The van der Waals surface area contributed by atoms with Crippen molar-refractivity contribution in [3.8, 4) is 0 Å². The minimum absolute atomic E-state index is 0.0314. The third-order valence-corrected chi connectivity index (χ3v) is 1.82. The number of rotatable bonds is 8. The molecule has 0 rings (SSSR count).